The molecule has 1 aliphatic rings. The highest BCUT2D eigenvalue weighted by molar-refractivity contribution is 7.99. The highest BCUT2D eigenvalue weighted by Gasteiger charge is 2.43. The van der Waals surface area contributed by atoms with Gasteiger partial charge in [-0.15, -0.1) is 11.8 Å². The quantitative estimate of drug-likeness (QED) is 0.547. The summed E-state index contributed by atoms with van der Waals surface area (Å²) in [6, 6.07) is 0. The molecule has 1 heterocycles. The third-order valence-electron chi connectivity index (χ3n) is 2.74. The van der Waals surface area contributed by atoms with E-state index in [-0.39, 0.29) is 18.2 Å². The molecule has 18 heavy (non-hydrogen) atoms. The number of hydrogen-bond acceptors (Lipinski definition) is 5. The van der Waals surface area contributed by atoms with E-state index in [1.54, 1.807) is 21.0 Å². The predicted octanol–water partition coefficient (Wildman–Crippen LogP) is -0.370. The number of piperazine rings is 1. The Kier molecular flexibility index (Phi) is 5.15. The summed E-state index contributed by atoms with van der Waals surface area (Å²) in [5, 5.41) is 2.23. The third kappa shape index (κ3) is 3.46. The van der Waals surface area contributed by atoms with Crippen molar-refractivity contribution < 1.29 is 19.1 Å². The second kappa shape index (κ2) is 6.19. The van der Waals surface area contributed by atoms with Crippen molar-refractivity contribution >= 4 is 29.5 Å². The average Bonchev–Trinajstić information content (AvgIpc) is 2.29. The zero-order chi connectivity index (χ0) is 13.8. The summed E-state index contributed by atoms with van der Waals surface area (Å²) in [4.78, 5) is 36.3. The summed E-state index contributed by atoms with van der Waals surface area (Å²) < 4.78 is 4.88. The molecule has 1 rings (SSSR count). The zero-order valence-corrected chi connectivity index (χ0v) is 11.6. The van der Waals surface area contributed by atoms with Crippen LogP contribution in [0.2, 0.25) is 0 Å². The van der Waals surface area contributed by atoms with Gasteiger partial charge in [0.15, 0.2) is 0 Å². The Bertz CT molecular complexity index is 357. The second-order valence-electron chi connectivity index (χ2n) is 4.46. The van der Waals surface area contributed by atoms with E-state index in [0.717, 1.165) is 0 Å². The molecule has 1 aliphatic heterocycles. The van der Waals surface area contributed by atoms with Crippen LogP contribution < -0.4 is 5.32 Å². The highest BCUT2D eigenvalue weighted by atomic mass is 32.2. The molecule has 1 saturated heterocycles. The van der Waals surface area contributed by atoms with Gasteiger partial charge in [-0.05, 0) is 13.8 Å². The Labute approximate surface area is 110 Å². The molecule has 1 fully saturated rings. The molecule has 0 aliphatic carbocycles. The standard InChI is InChI=1S/C11H18N2O4S/c1-11(2)10(16)12-8(14)6-13(11)9(15)7-18-5-4-17-3/h4-7H2,1-3H3,(H,12,14,16). The highest BCUT2D eigenvalue weighted by Crippen LogP contribution is 2.19. The zero-order valence-electron chi connectivity index (χ0n) is 10.8. The van der Waals surface area contributed by atoms with Crippen LogP contribution in [0.15, 0.2) is 0 Å². The second-order valence-corrected chi connectivity index (χ2v) is 5.57. The van der Waals surface area contributed by atoms with Gasteiger partial charge in [0.2, 0.25) is 11.8 Å². The number of nitrogens with one attached hydrogen (secondary N) is 1. The number of carbonyl (C=O) groups is 3. The SMILES string of the molecule is COCCSCC(=O)N1CC(=O)NC(=O)C1(C)C. The fourth-order valence-corrected chi connectivity index (χ4v) is 2.32. The van der Waals surface area contributed by atoms with E-state index in [1.165, 1.54) is 16.7 Å². The number of rotatable bonds is 5. The van der Waals surface area contributed by atoms with Crippen LogP contribution in [0.3, 0.4) is 0 Å². The van der Waals surface area contributed by atoms with Crippen molar-refractivity contribution in [3.8, 4) is 0 Å². The maximum atomic E-state index is 12.0. The lowest BCUT2D eigenvalue weighted by atomic mass is 9.99. The van der Waals surface area contributed by atoms with E-state index in [2.05, 4.69) is 5.32 Å². The van der Waals surface area contributed by atoms with E-state index in [9.17, 15) is 14.4 Å². The lowest BCUT2D eigenvalue weighted by molar-refractivity contribution is -0.154. The van der Waals surface area contributed by atoms with Gasteiger partial charge in [-0.25, -0.2) is 0 Å². The molecule has 0 atom stereocenters. The number of imide groups is 1. The van der Waals surface area contributed by atoms with Crippen molar-refractivity contribution in [2.75, 3.05) is 31.8 Å². The Morgan fingerprint density at radius 1 is 1.50 bits per heavy atom. The van der Waals surface area contributed by atoms with Crippen LogP contribution in [-0.4, -0.2) is 59.9 Å². The normalized spacial score (nSPS) is 18.7. The van der Waals surface area contributed by atoms with E-state index in [4.69, 9.17) is 4.74 Å². The first kappa shape index (κ1) is 15.0. The summed E-state index contributed by atoms with van der Waals surface area (Å²) in [6.07, 6.45) is 0. The van der Waals surface area contributed by atoms with E-state index >= 15 is 0 Å². The first-order chi connectivity index (χ1) is 8.39. The molecule has 0 spiro atoms. The van der Waals surface area contributed by atoms with Crippen molar-refractivity contribution in [3.05, 3.63) is 0 Å². The number of nitrogens with zero attached hydrogens (tertiary/aromatic N) is 1. The molecular weight excluding hydrogens is 256 g/mol. The lowest BCUT2D eigenvalue weighted by Crippen LogP contribution is -2.65. The lowest BCUT2D eigenvalue weighted by Gasteiger charge is -2.40. The molecule has 1 N–H and O–H groups in total. The van der Waals surface area contributed by atoms with E-state index < -0.39 is 17.4 Å². The summed E-state index contributed by atoms with van der Waals surface area (Å²) >= 11 is 1.42. The average molecular weight is 274 g/mol. The van der Waals surface area contributed by atoms with Gasteiger partial charge < -0.3 is 9.64 Å². The van der Waals surface area contributed by atoms with Crippen LogP contribution in [0.5, 0.6) is 0 Å². The predicted molar refractivity (Wildman–Crippen MR) is 68.1 cm³/mol. The smallest absolute Gasteiger partial charge is 0.252 e. The largest absolute Gasteiger partial charge is 0.384 e. The van der Waals surface area contributed by atoms with Gasteiger partial charge in [-0.1, -0.05) is 0 Å². The fraction of sp³-hybridized carbons (Fsp3) is 0.727. The topological polar surface area (TPSA) is 75.7 Å². The number of methoxy groups -OCH3 is 1. The monoisotopic (exact) mass is 274 g/mol. The van der Waals surface area contributed by atoms with E-state index in [1.807, 2.05) is 0 Å². The van der Waals surface area contributed by atoms with Crippen LogP contribution in [-0.2, 0) is 19.1 Å². The molecule has 7 heteroatoms. The molecule has 0 bridgehead atoms. The number of carbonyl (C=O) groups excluding carboxylic acids is 3. The van der Waals surface area contributed by atoms with Crippen LogP contribution in [0.4, 0.5) is 0 Å². The Hall–Kier alpha value is -1.08. The van der Waals surface area contributed by atoms with Gasteiger partial charge in [-0.3, -0.25) is 19.7 Å². The molecular formula is C11H18N2O4S. The molecule has 0 aromatic rings. The summed E-state index contributed by atoms with van der Waals surface area (Å²) in [6.45, 7) is 3.77. The van der Waals surface area contributed by atoms with E-state index in [0.29, 0.717) is 12.4 Å². The maximum Gasteiger partial charge on any atom is 0.252 e. The molecule has 0 aromatic carbocycles. The molecule has 0 saturated carbocycles. The van der Waals surface area contributed by atoms with Gasteiger partial charge >= 0.3 is 0 Å². The maximum absolute atomic E-state index is 12.0. The van der Waals surface area contributed by atoms with Crippen LogP contribution in [0.1, 0.15) is 13.8 Å². The van der Waals surface area contributed by atoms with Crippen molar-refractivity contribution in [2.45, 2.75) is 19.4 Å². The number of hydrogen-bond donors (Lipinski definition) is 1. The van der Waals surface area contributed by atoms with Crippen LogP contribution in [0.25, 0.3) is 0 Å². The molecule has 0 unspecified atom stereocenters. The van der Waals surface area contributed by atoms with Crippen LogP contribution in [0, 0.1) is 0 Å². The minimum atomic E-state index is -0.979. The van der Waals surface area contributed by atoms with Crippen molar-refractivity contribution in [3.63, 3.8) is 0 Å². The number of ether oxygens (including phenoxy) is 1. The Balaban J connectivity index is 2.59. The van der Waals surface area contributed by atoms with Gasteiger partial charge in [0, 0.05) is 12.9 Å². The van der Waals surface area contributed by atoms with Crippen molar-refractivity contribution in [1.29, 1.82) is 0 Å². The van der Waals surface area contributed by atoms with Gasteiger partial charge in [0.1, 0.15) is 12.1 Å². The summed E-state index contributed by atoms with van der Waals surface area (Å²) in [5.41, 5.74) is -0.979. The summed E-state index contributed by atoms with van der Waals surface area (Å²) in [7, 11) is 1.60. The Morgan fingerprint density at radius 3 is 2.78 bits per heavy atom. The molecule has 6 nitrogen and oxygen atoms in total. The molecule has 0 aromatic heterocycles. The molecule has 0 radical (unpaired) electrons. The first-order valence-electron chi connectivity index (χ1n) is 5.61. The van der Waals surface area contributed by atoms with Gasteiger partial charge in [0.25, 0.3) is 5.91 Å². The van der Waals surface area contributed by atoms with Crippen molar-refractivity contribution in [1.82, 2.24) is 10.2 Å². The summed E-state index contributed by atoms with van der Waals surface area (Å²) in [5.74, 6) is -0.128. The van der Waals surface area contributed by atoms with Gasteiger partial charge in [-0.2, -0.15) is 0 Å². The first-order valence-corrected chi connectivity index (χ1v) is 6.76. The van der Waals surface area contributed by atoms with Gasteiger partial charge in [0.05, 0.1) is 12.4 Å². The van der Waals surface area contributed by atoms with Crippen LogP contribution >= 0.6 is 11.8 Å². The number of thioether (sulfide) groups is 1. The number of amides is 3. The Morgan fingerprint density at radius 2 is 2.17 bits per heavy atom. The minimum absolute atomic E-state index is 0.0671. The third-order valence-corrected chi connectivity index (χ3v) is 3.65. The molecule has 3 amide bonds. The van der Waals surface area contributed by atoms with Crippen molar-refractivity contribution in [2.24, 2.45) is 0 Å². The minimum Gasteiger partial charge on any atom is -0.384 e. The molecule has 102 valence electrons. The fourth-order valence-electron chi connectivity index (χ4n) is 1.56.